The summed E-state index contributed by atoms with van der Waals surface area (Å²) in [5, 5.41) is 6.29. The maximum absolute atomic E-state index is 5.11. The number of fused-ring (bicyclic) bond motifs is 7. The minimum Gasteiger partial charge on any atom is -0.308 e. The van der Waals surface area contributed by atoms with Gasteiger partial charge in [0.1, 0.15) is 0 Å². The molecule has 0 fully saturated rings. The summed E-state index contributed by atoms with van der Waals surface area (Å²) in [7, 11) is 0. The summed E-state index contributed by atoms with van der Waals surface area (Å²) in [5.74, 6) is 0. The number of thiophene rings is 2. The van der Waals surface area contributed by atoms with Crippen LogP contribution >= 0.6 is 22.7 Å². The summed E-state index contributed by atoms with van der Waals surface area (Å²) >= 11 is 3.67. The van der Waals surface area contributed by atoms with E-state index in [1.807, 2.05) is 28.9 Å². The van der Waals surface area contributed by atoms with Gasteiger partial charge in [0.05, 0.1) is 27.8 Å². The van der Waals surface area contributed by atoms with Gasteiger partial charge < -0.3 is 4.90 Å². The summed E-state index contributed by atoms with van der Waals surface area (Å²) in [6.07, 6.45) is 2.04. The third-order valence-corrected chi connectivity index (χ3v) is 10.5. The van der Waals surface area contributed by atoms with E-state index in [1.54, 1.807) is 0 Å². The molecule has 0 aliphatic carbocycles. The number of nitrogens with zero attached hydrogens (tertiary/aromatic N) is 2. The Labute approximate surface area is 256 Å². The van der Waals surface area contributed by atoms with E-state index in [4.69, 9.17) is 4.98 Å². The maximum atomic E-state index is 5.11. The van der Waals surface area contributed by atoms with Gasteiger partial charge in [0, 0.05) is 35.9 Å². The number of aromatic nitrogens is 1. The molecule has 0 saturated heterocycles. The van der Waals surface area contributed by atoms with Gasteiger partial charge in [0.2, 0.25) is 0 Å². The van der Waals surface area contributed by atoms with Gasteiger partial charge in [0.15, 0.2) is 0 Å². The van der Waals surface area contributed by atoms with Gasteiger partial charge in [-0.1, -0.05) is 91.0 Å². The summed E-state index contributed by atoms with van der Waals surface area (Å²) in [6, 6.07) is 50.3. The highest BCUT2D eigenvalue weighted by atomic mass is 32.1. The Balaban J connectivity index is 1.27. The van der Waals surface area contributed by atoms with Crippen molar-refractivity contribution >= 4 is 91.0 Å². The quantitative estimate of drug-likeness (QED) is 0.205. The van der Waals surface area contributed by atoms with E-state index in [0.29, 0.717) is 0 Å². The predicted molar refractivity (Wildman–Crippen MR) is 188 cm³/mol. The molecule has 3 aromatic heterocycles. The van der Waals surface area contributed by atoms with Crippen LogP contribution in [0.5, 0.6) is 0 Å². The molecule has 0 spiro atoms. The van der Waals surface area contributed by atoms with Crippen LogP contribution in [0.3, 0.4) is 0 Å². The zero-order chi connectivity index (χ0) is 28.3. The second-order valence-electron chi connectivity index (χ2n) is 10.8. The Morgan fingerprint density at radius 2 is 1.16 bits per heavy atom. The predicted octanol–water partition coefficient (Wildman–Crippen LogP) is 12.1. The molecular weight excluding hydrogens is 561 g/mol. The zero-order valence-electron chi connectivity index (χ0n) is 23.1. The van der Waals surface area contributed by atoms with Crippen molar-refractivity contribution in [2.45, 2.75) is 0 Å². The molecule has 9 aromatic rings. The van der Waals surface area contributed by atoms with Crippen molar-refractivity contribution in [3.05, 3.63) is 146 Å². The second-order valence-corrected chi connectivity index (χ2v) is 13.0. The highest BCUT2D eigenvalue weighted by Gasteiger charge is 2.20. The van der Waals surface area contributed by atoms with Gasteiger partial charge >= 0.3 is 0 Å². The highest BCUT2D eigenvalue weighted by Crippen LogP contribution is 2.46. The molecule has 0 aliphatic heterocycles. The van der Waals surface area contributed by atoms with E-state index in [2.05, 4.69) is 144 Å². The smallest absolute Gasteiger partial charge is 0.0890 e. The summed E-state index contributed by atoms with van der Waals surface area (Å²) in [6.45, 7) is 0. The summed E-state index contributed by atoms with van der Waals surface area (Å²) in [4.78, 5) is 7.49. The molecule has 0 saturated carbocycles. The topological polar surface area (TPSA) is 16.1 Å². The van der Waals surface area contributed by atoms with Crippen LogP contribution in [-0.2, 0) is 0 Å². The molecule has 0 radical (unpaired) electrons. The first-order valence-electron chi connectivity index (χ1n) is 14.4. The maximum Gasteiger partial charge on any atom is 0.0890 e. The largest absolute Gasteiger partial charge is 0.308 e. The fraction of sp³-hybridized carbons (Fsp3) is 0. The summed E-state index contributed by atoms with van der Waals surface area (Å²) < 4.78 is 5.04. The number of hydrogen-bond acceptors (Lipinski definition) is 4. The van der Waals surface area contributed by atoms with Crippen LogP contribution in [0.2, 0.25) is 0 Å². The second kappa shape index (κ2) is 9.77. The Bertz CT molecular complexity index is 2450. The Morgan fingerprint density at radius 1 is 0.465 bits per heavy atom. The van der Waals surface area contributed by atoms with E-state index in [0.717, 1.165) is 22.6 Å². The molecule has 2 nitrogen and oxygen atoms in total. The van der Waals surface area contributed by atoms with Crippen LogP contribution in [0, 0.1) is 0 Å². The van der Waals surface area contributed by atoms with Crippen LogP contribution in [-0.4, -0.2) is 4.98 Å². The number of rotatable bonds is 4. The summed E-state index contributed by atoms with van der Waals surface area (Å²) in [5.41, 5.74) is 6.80. The molecule has 6 aromatic carbocycles. The molecule has 0 unspecified atom stereocenters. The minimum absolute atomic E-state index is 1.05. The van der Waals surface area contributed by atoms with Gasteiger partial charge in [-0.3, -0.25) is 4.98 Å². The van der Waals surface area contributed by atoms with Crippen LogP contribution < -0.4 is 4.90 Å². The third-order valence-electron chi connectivity index (χ3n) is 8.27. The SMILES string of the molecule is c1ccc(-c2ccc(N(c3cnc4c(c3)sc3cc5ccccc5cc34)c3cccc4sc5ccccc5c34)cc2)cc1. The number of benzene rings is 6. The van der Waals surface area contributed by atoms with Crippen molar-refractivity contribution in [2.75, 3.05) is 4.90 Å². The van der Waals surface area contributed by atoms with E-state index < -0.39 is 0 Å². The Hall–Kier alpha value is -5.03. The lowest BCUT2D eigenvalue weighted by Crippen LogP contribution is -2.10. The molecule has 0 N–H and O–H groups in total. The normalized spacial score (nSPS) is 11.7. The fourth-order valence-electron chi connectivity index (χ4n) is 6.25. The average Bonchev–Trinajstić information content (AvgIpc) is 3.62. The molecule has 9 rings (SSSR count). The molecule has 0 aliphatic rings. The molecule has 0 amide bonds. The number of pyridine rings is 1. The monoisotopic (exact) mass is 584 g/mol. The molecule has 202 valence electrons. The van der Waals surface area contributed by atoms with Crippen molar-refractivity contribution in [3.63, 3.8) is 0 Å². The highest BCUT2D eigenvalue weighted by molar-refractivity contribution is 7.26. The lowest BCUT2D eigenvalue weighted by molar-refractivity contribution is 1.27. The number of anilines is 3. The van der Waals surface area contributed by atoms with Crippen molar-refractivity contribution < 1.29 is 0 Å². The molecule has 4 heteroatoms. The Morgan fingerprint density at radius 3 is 2.02 bits per heavy atom. The van der Waals surface area contributed by atoms with Crippen LogP contribution in [0.1, 0.15) is 0 Å². The first-order valence-corrected chi connectivity index (χ1v) is 16.0. The standard InChI is InChI=1S/C39H24N2S2/c1-2-9-25(10-3-1)26-17-19-29(20-18-26)41(33-14-8-16-35-38(33)31-13-6-7-15-34(31)42-35)30-23-37-39(40-24-30)32-21-27-11-4-5-12-28(27)22-36(32)43-37/h1-24H. The first kappa shape index (κ1) is 24.6. The van der Waals surface area contributed by atoms with E-state index in [9.17, 15) is 0 Å². The molecule has 0 bridgehead atoms. The van der Waals surface area contributed by atoms with Gasteiger partial charge in [-0.25, -0.2) is 0 Å². The van der Waals surface area contributed by atoms with Crippen LogP contribution in [0.25, 0.3) is 62.4 Å². The van der Waals surface area contributed by atoms with E-state index in [1.165, 1.54) is 56.9 Å². The molecule has 3 heterocycles. The average molecular weight is 585 g/mol. The van der Waals surface area contributed by atoms with E-state index in [-0.39, 0.29) is 0 Å². The van der Waals surface area contributed by atoms with Crippen molar-refractivity contribution in [3.8, 4) is 11.1 Å². The van der Waals surface area contributed by atoms with Gasteiger partial charge in [0.25, 0.3) is 0 Å². The van der Waals surface area contributed by atoms with Crippen molar-refractivity contribution in [1.82, 2.24) is 4.98 Å². The fourth-order valence-corrected chi connectivity index (χ4v) is 8.50. The number of hydrogen-bond donors (Lipinski definition) is 0. The Kier molecular flexibility index (Phi) is 5.58. The molecular formula is C39H24N2S2. The van der Waals surface area contributed by atoms with Crippen LogP contribution in [0.4, 0.5) is 17.1 Å². The van der Waals surface area contributed by atoms with Crippen LogP contribution in [0.15, 0.2) is 146 Å². The third kappa shape index (κ3) is 4.03. The first-order chi connectivity index (χ1) is 21.3. The van der Waals surface area contributed by atoms with Gasteiger partial charge in [-0.05, 0) is 70.4 Å². The van der Waals surface area contributed by atoms with Gasteiger partial charge in [-0.15, -0.1) is 22.7 Å². The minimum atomic E-state index is 1.05. The van der Waals surface area contributed by atoms with E-state index >= 15 is 0 Å². The zero-order valence-corrected chi connectivity index (χ0v) is 24.7. The van der Waals surface area contributed by atoms with Crippen molar-refractivity contribution in [2.24, 2.45) is 0 Å². The lowest BCUT2D eigenvalue weighted by atomic mass is 10.0. The molecule has 43 heavy (non-hydrogen) atoms. The lowest BCUT2D eigenvalue weighted by Gasteiger charge is -2.26. The van der Waals surface area contributed by atoms with Gasteiger partial charge in [-0.2, -0.15) is 0 Å². The van der Waals surface area contributed by atoms with Crippen molar-refractivity contribution in [1.29, 1.82) is 0 Å². The molecule has 0 atom stereocenters.